The summed E-state index contributed by atoms with van der Waals surface area (Å²) in [4.78, 5) is 12.1. The van der Waals surface area contributed by atoms with Crippen LogP contribution < -0.4 is 5.32 Å². The Morgan fingerprint density at radius 2 is 2.04 bits per heavy atom. The molecule has 0 spiro atoms. The van der Waals surface area contributed by atoms with Crippen LogP contribution in [0, 0.1) is 0 Å². The number of halogens is 3. The Bertz CT molecular complexity index is 710. The van der Waals surface area contributed by atoms with E-state index in [1.54, 1.807) is 0 Å². The van der Waals surface area contributed by atoms with Crippen molar-refractivity contribution in [2.75, 3.05) is 6.54 Å². The number of amides is 1. The van der Waals surface area contributed by atoms with E-state index in [1.165, 1.54) is 0 Å². The number of hydrogen-bond acceptors (Lipinski definition) is 6. The van der Waals surface area contributed by atoms with Gasteiger partial charge in [0.1, 0.15) is 5.01 Å². The molecule has 1 aliphatic rings. The van der Waals surface area contributed by atoms with Gasteiger partial charge >= 0.3 is 6.18 Å². The van der Waals surface area contributed by atoms with Crippen LogP contribution in [0.2, 0.25) is 0 Å². The van der Waals surface area contributed by atoms with E-state index in [0.717, 1.165) is 36.9 Å². The highest BCUT2D eigenvalue weighted by atomic mass is 32.1. The number of aryl methyl sites for hydroxylation is 1. The monoisotopic (exact) mass is 346 g/mol. The van der Waals surface area contributed by atoms with Crippen LogP contribution in [-0.4, -0.2) is 27.8 Å². The van der Waals surface area contributed by atoms with Crippen LogP contribution >= 0.6 is 11.3 Å². The molecule has 2 heterocycles. The number of rotatable bonds is 4. The number of carbonyl (C=O) groups is 1. The van der Waals surface area contributed by atoms with Gasteiger partial charge in [-0.25, -0.2) is 0 Å². The lowest BCUT2D eigenvalue weighted by molar-refractivity contribution is -0.138. The third-order valence-corrected chi connectivity index (χ3v) is 4.53. The Kier molecular flexibility index (Phi) is 4.33. The molecule has 0 saturated heterocycles. The quantitative estimate of drug-likeness (QED) is 0.919. The molecule has 0 aromatic carbocycles. The molecule has 0 saturated carbocycles. The van der Waals surface area contributed by atoms with Crippen molar-refractivity contribution in [2.24, 2.45) is 0 Å². The lowest BCUT2D eigenvalue weighted by atomic mass is 9.96. The highest BCUT2D eigenvalue weighted by molar-refractivity contribution is 7.11. The van der Waals surface area contributed by atoms with Gasteiger partial charge in [-0.15, -0.1) is 10.2 Å². The van der Waals surface area contributed by atoms with Crippen molar-refractivity contribution in [3.63, 3.8) is 0 Å². The number of carbonyl (C=O) groups excluding carboxylic acids is 1. The van der Waals surface area contributed by atoms with Crippen LogP contribution in [0.5, 0.6) is 0 Å². The maximum absolute atomic E-state index is 12.4. The molecule has 1 amide bonds. The van der Waals surface area contributed by atoms with Crippen molar-refractivity contribution >= 4 is 17.2 Å². The highest BCUT2D eigenvalue weighted by Crippen LogP contribution is 2.31. The van der Waals surface area contributed by atoms with Crippen molar-refractivity contribution < 1.29 is 22.5 Å². The van der Waals surface area contributed by atoms with Gasteiger partial charge in [-0.05, 0) is 25.7 Å². The lowest BCUT2D eigenvalue weighted by Gasteiger charge is -2.09. The SMILES string of the molecule is O=C(NCCc1nnc(C(F)(F)F)s1)c1onc2c1CCCC2. The normalized spacial score (nSPS) is 14.6. The molecule has 0 radical (unpaired) electrons. The van der Waals surface area contributed by atoms with Gasteiger partial charge in [0.25, 0.3) is 5.91 Å². The fourth-order valence-corrected chi connectivity index (χ4v) is 3.11. The number of aromatic nitrogens is 3. The third-order valence-electron chi connectivity index (χ3n) is 3.50. The van der Waals surface area contributed by atoms with E-state index in [2.05, 4.69) is 20.7 Å². The summed E-state index contributed by atoms with van der Waals surface area (Å²) >= 11 is 0.478. The molecule has 1 N–H and O–H groups in total. The van der Waals surface area contributed by atoms with Crippen molar-refractivity contribution in [1.82, 2.24) is 20.7 Å². The minimum absolute atomic E-state index is 0.154. The standard InChI is InChI=1S/C13H13F3N4O2S/c14-13(15,16)12-19-18-9(23-12)5-6-17-11(21)10-7-3-1-2-4-8(7)20-22-10/h1-6H2,(H,17,21). The molecule has 2 aromatic rings. The maximum Gasteiger partial charge on any atom is 0.445 e. The molecule has 6 nitrogen and oxygen atoms in total. The van der Waals surface area contributed by atoms with Crippen LogP contribution in [0.1, 0.15) is 44.7 Å². The Morgan fingerprint density at radius 1 is 1.26 bits per heavy atom. The molecule has 23 heavy (non-hydrogen) atoms. The minimum Gasteiger partial charge on any atom is -0.350 e. The smallest absolute Gasteiger partial charge is 0.350 e. The average Bonchev–Trinajstić information content (AvgIpc) is 3.13. The van der Waals surface area contributed by atoms with Crippen molar-refractivity contribution in [1.29, 1.82) is 0 Å². The first-order chi connectivity index (χ1) is 10.9. The predicted molar refractivity (Wildman–Crippen MR) is 74.1 cm³/mol. The average molecular weight is 346 g/mol. The fraction of sp³-hybridized carbons (Fsp3) is 0.538. The van der Waals surface area contributed by atoms with Crippen LogP contribution in [0.3, 0.4) is 0 Å². The van der Waals surface area contributed by atoms with Crippen molar-refractivity contribution in [2.45, 2.75) is 38.3 Å². The van der Waals surface area contributed by atoms with E-state index in [4.69, 9.17) is 4.52 Å². The zero-order chi connectivity index (χ0) is 16.4. The summed E-state index contributed by atoms with van der Waals surface area (Å²) in [6.07, 6.45) is -0.739. The van der Waals surface area contributed by atoms with Gasteiger partial charge in [-0.1, -0.05) is 16.5 Å². The second kappa shape index (κ2) is 6.26. The second-order valence-corrected chi connectivity index (χ2v) is 6.21. The van der Waals surface area contributed by atoms with E-state index in [9.17, 15) is 18.0 Å². The molecule has 1 aliphatic carbocycles. The van der Waals surface area contributed by atoms with Crippen molar-refractivity contribution in [3.8, 4) is 0 Å². The van der Waals surface area contributed by atoms with E-state index >= 15 is 0 Å². The molecular formula is C13H13F3N4O2S. The maximum atomic E-state index is 12.4. The molecule has 0 unspecified atom stereocenters. The Labute approximate surface area is 133 Å². The number of nitrogens with one attached hydrogen (secondary N) is 1. The largest absolute Gasteiger partial charge is 0.445 e. The zero-order valence-electron chi connectivity index (χ0n) is 11.9. The van der Waals surface area contributed by atoms with E-state index in [0.29, 0.717) is 11.3 Å². The minimum atomic E-state index is -4.49. The predicted octanol–water partition coefficient (Wildman–Crippen LogP) is 2.40. The molecule has 0 fully saturated rings. The summed E-state index contributed by atoms with van der Waals surface area (Å²) in [5, 5.41) is 12.3. The van der Waals surface area contributed by atoms with Crippen molar-refractivity contribution in [3.05, 3.63) is 27.0 Å². The molecule has 2 aromatic heterocycles. The van der Waals surface area contributed by atoms with E-state index < -0.39 is 17.1 Å². The summed E-state index contributed by atoms with van der Waals surface area (Å²) in [6.45, 7) is 0.154. The Balaban J connectivity index is 1.55. The molecule has 0 bridgehead atoms. The first-order valence-electron chi connectivity index (χ1n) is 7.10. The topological polar surface area (TPSA) is 80.9 Å². The second-order valence-electron chi connectivity index (χ2n) is 5.15. The third kappa shape index (κ3) is 3.52. The number of nitrogens with zero attached hydrogens (tertiary/aromatic N) is 3. The zero-order valence-corrected chi connectivity index (χ0v) is 12.8. The summed E-state index contributed by atoms with van der Waals surface area (Å²) < 4.78 is 42.3. The van der Waals surface area contributed by atoms with E-state index in [1.807, 2.05) is 0 Å². The van der Waals surface area contributed by atoms with Crippen LogP contribution in [0.15, 0.2) is 4.52 Å². The molecular weight excluding hydrogens is 333 g/mol. The molecule has 0 aliphatic heterocycles. The number of fused-ring (bicyclic) bond motifs is 1. The number of alkyl halides is 3. The van der Waals surface area contributed by atoms with Crippen LogP contribution in [-0.2, 0) is 25.4 Å². The summed E-state index contributed by atoms with van der Waals surface area (Å²) in [7, 11) is 0. The lowest BCUT2D eigenvalue weighted by Crippen LogP contribution is -2.26. The van der Waals surface area contributed by atoms with Gasteiger partial charge in [0.15, 0.2) is 0 Å². The first kappa shape index (κ1) is 15.9. The van der Waals surface area contributed by atoms with Gasteiger partial charge in [-0.3, -0.25) is 4.79 Å². The van der Waals surface area contributed by atoms with Crippen LogP contribution in [0.4, 0.5) is 13.2 Å². The highest BCUT2D eigenvalue weighted by Gasteiger charge is 2.35. The van der Waals surface area contributed by atoms with Gasteiger partial charge in [0.2, 0.25) is 10.8 Å². The molecule has 10 heteroatoms. The van der Waals surface area contributed by atoms with Gasteiger partial charge < -0.3 is 9.84 Å². The van der Waals surface area contributed by atoms with Gasteiger partial charge in [-0.2, -0.15) is 13.2 Å². The molecule has 124 valence electrons. The molecule has 3 rings (SSSR count). The summed E-state index contributed by atoms with van der Waals surface area (Å²) in [6, 6.07) is 0. The number of hydrogen-bond donors (Lipinski definition) is 1. The molecule has 0 atom stereocenters. The van der Waals surface area contributed by atoms with E-state index in [-0.39, 0.29) is 23.7 Å². The van der Waals surface area contributed by atoms with Gasteiger partial charge in [0.05, 0.1) is 5.69 Å². The summed E-state index contributed by atoms with van der Waals surface area (Å²) in [5.74, 6) is -0.200. The van der Waals surface area contributed by atoms with Gasteiger partial charge in [0, 0.05) is 18.5 Å². The first-order valence-corrected chi connectivity index (χ1v) is 7.92. The summed E-state index contributed by atoms with van der Waals surface area (Å²) in [5.41, 5.74) is 1.66. The van der Waals surface area contributed by atoms with Crippen LogP contribution in [0.25, 0.3) is 0 Å². The Hall–Kier alpha value is -1.97. The Morgan fingerprint density at radius 3 is 2.78 bits per heavy atom. The fourth-order valence-electron chi connectivity index (χ4n) is 2.40.